The van der Waals surface area contributed by atoms with Gasteiger partial charge in [-0.25, -0.2) is 4.39 Å². The first-order chi connectivity index (χ1) is 13.3. The fourth-order valence-electron chi connectivity index (χ4n) is 2.90. The van der Waals surface area contributed by atoms with Crippen molar-refractivity contribution < 1.29 is 14.0 Å². The molecule has 144 valence electrons. The summed E-state index contributed by atoms with van der Waals surface area (Å²) in [6, 6.07) is 10.8. The van der Waals surface area contributed by atoms with E-state index in [1.165, 1.54) is 12.3 Å². The zero-order chi connectivity index (χ0) is 20.3. The first kappa shape index (κ1) is 19.6. The lowest BCUT2D eigenvalue weighted by molar-refractivity contribution is -0.118. The number of hydrogen-bond acceptors (Lipinski definition) is 3. The van der Waals surface area contributed by atoms with E-state index in [0.717, 1.165) is 5.56 Å². The number of halogens is 2. The van der Waals surface area contributed by atoms with Gasteiger partial charge in [-0.05, 0) is 42.3 Å². The van der Waals surface area contributed by atoms with Crippen LogP contribution in [0.1, 0.15) is 33.9 Å². The lowest BCUT2D eigenvalue weighted by Crippen LogP contribution is -2.32. The molecule has 0 unspecified atom stereocenters. The number of primary amides is 1. The Morgan fingerprint density at radius 1 is 1.29 bits per heavy atom. The van der Waals surface area contributed by atoms with Gasteiger partial charge in [0.05, 0.1) is 29.9 Å². The molecule has 28 heavy (non-hydrogen) atoms. The van der Waals surface area contributed by atoms with Gasteiger partial charge in [-0.1, -0.05) is 29.8 Å². The highest BCUT2D eigenvalue weighted by Crippen LogP contribution is 2.26. The van der Waals surface area contributed by atoms with Gasteiger partial charge in [0.1, 0.15) is 5.82 Å². The standard InChI is InChI=1S/C20H18ClFN4O2/c1-11-5-6-14(16(22)7-11)19-15(10-24-26-19)20(28)25-17(9-18(23)27)12-3-2-4-13(21)8-12/h2-8,10,17H,9H2,1H3,(H2,23,27)(H,24,26)(H,25,28)/t17-/m0/s1. The van der Waals surface area contributed by atoms with Crippen LogP contribution in [0.25, 0.3) is 11.3 Å². The summed E-state index contributed by atoms with van der Waals surface area (Å²) in [5.41, 5.74) is 7.34. The summed E-state index contributed by atoms with van der Waals surface area (Å²) in [4.78, 5) is 24.3. The van der Waals surface area contributed by atoms with E-state index < -0.39 is 23.7 Å². The largest absolute Gasteiger partial charge is 0.370 e. The van der Waals surface area contributed by atoms with Crippen molar-refractivity contribution in [1.82, 2.24) is 15.5 Å². The summed E-state index contributed by atoms with van der Waals surface area (Å²) >= 11 is 6.01. The predicted octanol–water partition coefficient (Wildman–Crippen LogP) is 3.52. The van der Waals surface area contributed by atoms with Crippen molar-refractivity contribution >= 4 is 23.4 Å². The summed E-state index contributed by atoms with van der Waals surface area (Å²) < 4.78 is 14.3. The van der Waals surface area contributed by atoms with Crippen LogP contribution in [0.2, 0.25) is 5.02 Å². The van der Waals surface area contributed by atoms with E-state index in [1.54, 1.807) is 43.3 Å². The Bertz CT molecular complexity index is 1030. The smallest absolute Gasteiger partial charge is 0.255 e. The molecule has 2 amide bonds. The van der Waals surface area contributed by atoms with Crippen LogP contribution in [0.4, 0.5) is 4.39 Å². The second-order valence-corrected chi connectivity index (χ2v) is 6.83. The van der Waals surface area contributed by atoms with Gasteiger partial charge in [0.25, 0.3) is 5.91 Å². The molecule has 0 spiro atoms. The molecule has 0 saturated heterocycles. The number of nitrogens with one attached hydrogen (secondary N) is 2. The average Bonchev–Trinajstić information content (AvgIpc) is 3.10. The Hall–Kier alpha value is -3.19. The summed E-state index contributed by atoms with van der Waals surface area (Å²) in [6.07, 6.45) is 1.20. The number of carbonyl (C=O) groups excluding carboxylic acids is 2. The maximum atomic E-state index is 14.3. The maximum Gasteiger partial charge on any atom is 0.255 e. The molecule has 3 aromatic rings. The molecule has 8 heteroatoms. The molecule has 0 aliphatic heterocycles. The number of amides is 2. The predicted molar refractivity (Wildman–Crippen MR) is 104 cm³/mol. The summed E-state index contributed by atoms with van der Waals surface area (Å²) in [5.74, 6) is -1.57. The lowest BCUT2D eigenvalue weighted by Gasteiger charge is -2.18. The molecule has 0 aliphatic rings. The number of nitrogens with two attached hydrogens (primary N) is 1. The second kappa shape index (κ2) is 8.22. The average molecular weight is 401 g/mol. The highest BCUT2D eigenvalue weighted by Gasteiger charge is 2.22. The Morgan fingerprint density at radius 2 is 2.07 bits per heavy atom. The van der Waals surface area contributed by atoms with Crippen LogP contribution in [0.5, 0.6) is 0 Å². The van der Waals surface area contributed by atoms with Gasteiger partial charge in [-0.3, -0.25) is 14.7 Å². The number of H-pyrrole nitrogens is 1. The minimum atomic E-state index is -0.686. The minimum Gasteiger partial charge on any atom is -0.370 e. The zero-order valence-corrected chi connectivity index (χ0v) is 15.8. The first-order valence-electron chi connectivity index (χ1n) is 8.49. The van der Waals surface area contributed by atoms with Crippen molar-refractivity contribution in [3.63, 3.8) is 0 Å². The van der Waals surface area contributed by atoms with E-state index >= 15 is 0 Å². The van der Waals surface area contributed by atoms with E-state index in [2.05, 4.69) is 15.5 Å². The van der Waals surface area contributed by atoms with Crippen LogP contribution in [-0.2, 0) is 4.79 Å². The number of aromatic amines is 1. The summed E-state index contributed by atoms with van der Waals surface area (Å²) in [6.45, 7) is 1.77. The molecule has 3 rings (SSSR count). The molecule has 0 aliphatic carbocycles. The number of aromatic nitrogens is 2. The van der Waals surface area contributed by atoms with Crippen LogP contribution in [0, 0.1) is 12.7 Å². The van der Waals surface area contributed by atoms with Gasteiger partial charge >= 0.3 is 0 Å². The molecular weight excluding hydrogens is 383 g/mol. The van der Waals surface area contributed by atoms with E-state index in [0.29, 0.717) is 10.6 Å². The Kier molecular flexibility index (Phi) is 5.75. The highest BCUT2D eigenvalue weighted by atomic mass is 35.5. The molecule has 1 aromatic heterocycles. The molecule has 0 fully saturated rings. The molecule has 0 radical (unpaired) electrons. The third-order valence-electron chi connectivity index (χ3n) is 4.24. The van der Waals surface area contributed by atoms with Gasteiger partial charge in [0.15, 0.2) is 0 Å². The molecule has 4 N–H and O–H groups in total. The summed E-state index contributed by atoms with van der Waals surface area (Å²) in [5, 5.41) is 9.75. The van der Waals surface area contributed by atoms with Crippen molar-refractivity contribution in [3.05, 3.63) is 76.2 Å². The molecule has 2 aromatic carbocycles. The van der Waals surface area contributed by atoms with Gasteiger partial charge in [-0.2, -0.15) is 5.10 Å². The van der Waals surface area contributed by atoms with Crippen molar-refractivity contribution in [1.29, 1.82) is 0 Å². The van der Waals surface area contributed by atoms with Crippen LogP contribution >= 0.6 is 11.6 Å². The number of benzene rings is 2. The maximum absolute atomic E-state index is 14.3. The Balaban J connectivity index is 1.91. The van der Waals surface area contributed by atoms with Gasteiger partial charge in [0.2, 0.25) is 5.91 Å². The van der Waals surface area contributed by atoms with Crippen molar-refractivity contribution in [2.45, 2.75) is 19.4 Å². The molecule has 0 saturated carbocycles. The van der Waals surface area contributed by atoms with Crippen LogP contribution in [0.15, 0.2) is 48.7 Å². The third-order valence-corrected chi connectivity index (χ3v) is 4.47. The molecular formula is C20H18ClFN4O2. The fraction of sp³-hybridized carbons (Fsp3) is 0.150. The van der Waals surface area contributed by atoms with E-state index in [1.807, 2.05) is 0 Å². The molecule has 6 nitrogen and oxygen atoms in total. The van der Waals surface area contributed by atoms with E-state index in [-0.39, 0.29) is 23.2 Å². The first-order valence-corrected chi connectivity index (χ1v) is 8.87. The van der Waals surface area contributed by atoms with Gasteiger partial charge in [0, 0.05) is 10.6 Å². The quantitative estimate of drug-likeness (QED) is 0.590. The molecule has 1 atom stereocenters. The number of hydrogen-bond donors (Lipinski definition) is 3. The SMILES string of the molecule is Cc1ccc(-c2[nH]ncc2C(=O)N[C@@H](CC(N)=O)c2cccc(Cl)c2)c(F)c1. The van der Waals surface area contributed by atoms with E-state index in [4.69, 9.17) is 17.3 Å². The Morgan fingerprint density at radius 3 is 2.75 bits per heavy atom. The second-order valence-electron chi connectivity index (χ2n) is 6.39. The number of aryl methyl sites for hydroxylation is 1. The third kappa shape index (κ3) is 4.37. The van der Waals surface area contributed by atoms with Crippen LogP contribution in [0.3, 0.4) is 0 Å². The fourth-order valence-corrected chi connectivity index (χ4v) is 3.10. The van der Waals surface area contributed by atoms with Crippen LogP contribution in [-0.4, -0.2) is 22.0 Å². The van der Waals surface area contributed by atoms with Gasteiger partial charge in [-0.15, -0.1) is 0 Å². The van der Waals surface area contributed by atoms with Crippen LogP contribution < -0.4 is 11.1 Å². The molecule has 0 bridgehead atoms. The normalized spacial score (nSPS) is 11.8. The van der Waals surface area contributed by atoms with Crippen molar-refractivity contribution in [3.8, 4) is 11.3 Å². The monoisotopic (exact) mass is 400 g/mol. The Labute approximate surface area is 165 Å². The number of nitrogens with zero attached hydrogens (tertiary/aromatic N) is 1. The zero-order valence-electron chi connectivity index (χ0n) is 15.0. The number of carbonyl (C=O) groups is 2. The van der Waals surface area contributed by atoms with Crippen molar-refractivity contribution in [2.75, 3.05) is 0 Å². The highest BCUT2D eigenvalue weighted by molar-refractivity contribution is 6.30. The summed E-state index contributed by atoms with van der Waals surface area (Å²) in [7, 11) is 0. The molecule has 1 heterocycles. The van der Waals surface area contributed by atoms with E-state index in [9.17, 15) is 14.0 Å². The number of rotatable bonds is 6. The lowest BCUT2D eigenvalue weighted by atomic mass is 10.0. The topological polar surface area (TPSA) is 101 Å². The minimum absolute atomic E-state index is 0.113. The van der Waals surface area contributed by atoms with Crippen molar-refractivity contribution in [2.24, 2.45) is 5.73 Å². The van der Waals surface area contributed by atoms with Gasteiger partial charge < -0.3 is 11.1 Å².